The van der Waals surface area contributed by atoms with Crippen LogP contribution in [0.25, 0.3) is 0 Å². The molecule has 2 heterocycles. The standard InChI is InChI=1S/C12H17BrN2OS/c1-9(12(16)15-4-2-3-5-15)14-7-11-6-10(13)8-17-11/h6,8-9,14H,2-5,7H2,1H3. The van der Waals surface area contributed by atoms with E-state index in [0.29, 0.717) is 0 Å². The van der Waals surface area contributed by atoms with Gasteiger partial charge in [-0.05, 0) is 41.8 Å². The normalized spacial score (nSPS) is 17.4. The zero-order chi connectivity index (χ0) is 12.3. The van der Waals surface area contributed by atoms with Crippen LogP contribution in [-0.2, 0) is 11.3 Å². The third-order valence-electron chi connectivity index (χ3n) is 2.99. The van der Waals surface area contributed by atoms with Crippen LogP contribution >= 0.6 is 27.3 Å². The molecular formula is C12H17BrN2OS. The molecule has 3 nitrogen and oxygen atoms in total. The second-order valence-corrected chi connectivity index (χ2v) is 6.28. The lowest BCUT2D eigenvalue weighted by Gasteiger charge is -2.20. The SMILES string of the molecule is CC(NCc1cc(Br)cs1)C(=O)N1CCCC1. The van der Waals surface area contributed by atoms with Gasteiger partial charge in [-0.2, -0.15) is 0 Å². The predicted octanol–water partition coefficient (Wildman–Crippen LogP) is 2.61. The summed E-state index contributed by atoms with van der Waals surface area (Å²) in [7, 11) is 0. The number of likely N-dealkylation sites (tertiary alicyclic amines) is 1. The number of amides is 1. The summed E-state index contributed by atoms with van der Waals surface area (Å²) in [5.41, 5.74) is 0. The minimum atomic E-state index is -0.0889. The number of nitrogens with zero attached hydrogens (tertiary/aromatic N) is 1. The third kappa shape index (κ3) is 3.53. The number of thiophene rings is 1. The summed E-state index contributed by atoms with van der Waals surface area (Å²) in [5, 5.41) is 5.35. The van der Waals surface area contributed by atoms with E-state index in [-0.39, 0.29) is 11.9 Å². The van der Waals surface area contributed by atoms with Crippen molar-refractivity contribution in [2.45, 2.75) is 32.4 Å². The van der Waals surface area contributed by atoms with Gasteiger partial charge in [0, 0.05) is 34.4 Å². The topological polar surface area (TPSA) is 32.3 Å². The lowest BCUT2D eigenvalue weighted by Crippen LogP contribution is -2.43. The van der Waals surface area contributed by atoms with Gasteiger partial charge in [0.05, 0.1) is 6.04 Å². The van der Waals surface area contributed by atoms with E-state index < -0.39 is 0 Å². The molecule has 0 saturated carbocycles. The van der Waals surface area contributed by atoms with Crippen molar-refractivity contribution >= 4 is 33.2 Å². The first kappa shape index (κ1) is 13.1. The second-order valence-electron chi connectivity index (χ2n) is 4.37. The Morgan fingerprint density at radius 1 is 1.59 bits per heavy atom. The highest BCUT2D eigenvalue weighted by Gasteiger charge is 2.22. The van der Waals surface area contributed by atoms with Crippen LogP contribution in [0, 0.1) is 0 Å². The molecule has 1 aliphatic heterocycles. The summed E-state index contributed by atoms with van der Waals surface area (Å²) in [6.07, 6.45) is 2.30. The lowest BCUT2D eigenvalue weighted by molar-refractivity contribution is -0.131. The van der Waals surface area contributed by atoms with Crippen LogP contribution in [0.5, 0.6) is 0 Å². The summed E-state index contributed by atoms with van der Waals surface area (Å²) >= 11 is 5.13. The Kier molecular flexibility index (Phi) is 4.59. The Morgan fingerprint density at radius 3 is 2.88 bits per heavy atom. The number of rotatable bonds is 4. The van der Waals surface area contributed by atoms with Crippen LogP contribution in [0.2, 0.25) is 0 Å². The summed E-state index contributed by atoms with van der Waals surface area (Å²) in [5.74, 6) is 0.234. The summed E-state index contributed by atoms with van der Waals surface area (Å²) in [4.78, 5) is 15.2. The van der Waals surface area contributed by atoms with E-state index >= 15 is 0 Å². The molecule has 0 spiro atoms. The number of carbonyl (C=O) groups is 1. The van der Waals surface area contributed by atoms with Gasteiger partial charge in [0.25, 0.3) is 0 Å². The summed E-state index contributed by atoms with van der Waals surface area (Å²) in [6.45, 7) is 4.56. The van der Waals surface area contributed by atoms with Crippen molar-refractivity contribution in [1.82, 2.24) is 10.2 Å². The third-order valence-corrected chi connectivity index (χ3v) is 4.69. The molecule has 1 saturated heterocycles. The highest BCUT2D eigenvalue weighted by molar-refractivity contribution is 9.10. The molecule has 1 N–H and O–H groups in total. The number of nitrogens with one attached hydrogen (secondary N) is 1. The van der Waals surface area contributed by atoms with Gasteiger partial charge >= 0.3 is 0 Å². The molecule has 0 aliphatic carbocycles. The Labute approximate surface area is 114 Å². The van der Waals surface area contributed by atoms with Gasteiger partial charge in [-0.3, -0.25) is 4.79 Å². The molecule has 2 rings (SSSR count). The van der Waals surface area contributed by atoms with E-state index in [4.69, 9.17) is 0 Å². The zero-order valence-corrected chi connectivity index (χ0v) is 12.3. The molecule has 1 aromatic heterocycles. The molecule has 1 aliphatic rings. The molecule has 1 aromatic rings. The van der Waals surface area contributed by atoms with E-state index in [1.807, 2.05) is 11.8 Å². The predicted molar refractivity (Wildman–Crippen MR) is 74.1 cm³/mol. The Balaban J connectivity index is 1.80. The Hall–Kier alpha value is -0.390. The monoisotopic (exact) mass is 316 g/mol. The molecule has 0 radical (unpaired) electrons. The van der Waals surface area contributed by atoms with Crippen LogP contribution in [0.1, 0.15) is 24.6 Å². The first-order valence-electron chi connectivity index (χ1n) is 5.92. The largest absolute Gasteiger partial charge is 0.341 e. The summed E-state index contributed by atoms with van der Waals surface area (Å²) in [6, 6.07) is 2.00. The van der Waals surface area contributed by atoms with Crippen molar-refractivity contribution < 1.29 is 4.79 Å². The maximum absolute atomic E-state index is 12.0. The molecule has 94 valence electrons. The maximum atomic E-state index is 12.0. The smallest absolute Gasteiger partial charge is 0.239 e. The van der Waals surface area contributed by atoms with E-state index in [0.717, 1.165) is 36.9 Å². The minimum absolute atomic E-state index is 0.0889. The number of hydrogen-bond donors (Lipinski definition) is 1. The number of hydrogen-bond acceptors (Lipinski definition) is 3. The van der Waals surface area contributed by atoms with Crippen molar-refractivity contribution in [1.29, 1.82) is 0 Å². The first-order valence-corrected chi connectivity index (χ1v) is 7.59. The molecule has 1 fully saturated rings. The highest BCUT2D eigenvalue weighted by Crippen LogP contribution is 2.19. The van der Waals surface area contributed by atoms with Crippen LogP contribution in [0.15, 0.2) is 15.9 Å². The molecule has 1 amide bonds. The highest BCUT2D eigenvalue weighted by atomic mass is 79.9. The number of carbonyl (C=O) groups excluding carboxylic acids is 1. The molecule has 1 atom stereocenters. The molecule has 0 bridgehead atoms. The quantitative estimate of drug-likeness (QED) is 0.926. The van der Waals surface area contributed by atoms with Gasteiger partial charge in [-0.25, -0.2) is 0 Å². The molecule has 17 heavy (non-hydrogen) atoms. The fraction of sp³-hybridized carbons (Fsp3) is 0.583. The molecular weight excluding hydrogens is 300 g/mol. The van der Waals surface area contributed by atoms with Gasteiger partial charge in [-0.15, -0.1) is 11.3 Å². The van der Waals surface area contributed by atoms with Crippen molar-refractivity contribution in [3.8, 4) is 0 Å². The van der Waals surface area contributed by atoms with Crippen molar-refractivity contribution in [3.05, 3.63) is 20.8 Å². The van der Waals surface area contributed by atoms with Gasteiger partial charge in [0.15, 0.2) is 0 Å². The minimum Gasteiger partial charge on any atom is -0.341 e. The van der Waals surface area contributed by atoms with Crippen LogP contribution < -0.4 is 5.32 Å². The lowest BCUT2D eigenvalue weighted by atomic mass is 10.3. The van der Waals surface area contributed by atoms with Gasteiger partial charge < -0.3 is 10.2 Å². The fourth-order valence-electron chi connectivity index (χ4n) is 2.00. The fourth-order valence-corrected chi connectivity index (χ4v) is 3.40. The Bertz CT molecular complexity index is 388. The van der Waals surface area contributed by atoms with Gasteiger partial charge in [0.2, 0.25) is 5.91 Å². The summed E-state index contributed by atoms with van der Waals surface area (Å²) < 4.78 is 1.11. The van der Waals surface area contributed by atoms with E-state index in [1.54, 1.807) is 11.3 Å². The Morgan fingerprint density at radius 2 is 2.29 bits per heavy atom. The molecule has 0 aromatic carbocycles. The second kappa shape index (κ2) is 5.98. The van der Waals surface area contributed by atoms with E-state index in [2.05, 4.69) is 32.7 Å². The van der Waals surface area contributed by atoms with E-state index in [1.165, 1.54) is 4.88 Å². The van der Waals surface area contributed by atoms with E-state index in [9.17, 15) is 4.79 Å². The van der Waals surface area contributed by atoms with Gasteiger partial charge in [-0.1, -0.05) is 0 Å². The number of halogens is 1. The van der Waals surface area contributed by atoms with Crippen LogP contribution in [0.3, 0.4) is 0 Å². The van der Waals surface area contributed by atoms with Crippen LogP contribution in [0.4, 0.5) is 0 Å². The maximum Gasteiger partial charge on any atom is 0.239 e. The average Bonchev–Trinajstić information content (AvgIpc) is 2.95. The van der Waals surface area contributed by atoms with Crippen molar-refractivity contribution in [3.63, 3.8) is 0 Å². The average molecular weight is 317 g/mol. The van der Waals surface area contributed by atoms with Crippen molar-refractivity contribution in [2.24, 2.45) is 0 Å². The van der Waals surface area contributed by atoms with Gasteiger partial charge in [0.1, 0.15) is 0 Å². The van der Waals surface area contributed by atoms with Crippen LogP contribution in [-0.4, -0.2) is 29.9 Å². The molecule has 1 unspecified atom stereocenters. The molecule has 5 heteroatoms. The van der Waals surface area contributed by atoms with Crippen molar-refractivity contribution in [2.75, 3.05) is 13.1 Å². The first-order chi connectivity index (χ1) is 8.16. The zero-order valence-electron chi connectivity index (χ0n) is 9.91.